The van der Waals surface area contributed by atoms with Gasteiger partial charge >= 0.3 is 12.2 Å². The van der Waals surface area contributed by atoms with Gasteiger partial charge in [0.1, 0.15) is 13.2 Å². The summed E-state index contributed by atoms with van der Waals surface area (Å²) in [5.41, 5.74) is 3.74. The second kappa shape index (κ2) is 11.3. The molecule has 1 aliphatic heterocycles. The molecular weight excluding hydrogens is 480 g/mol. The van der Waals surface area contributed by atoms with Gasteiger partial charge in [0.05, 0.1) is 0 Å². The van der Waals surface area contributed by atoms with E-state index < -0.39 is 6.09 Å². The summed E-state index contributed by atoms with van der Waals surface area (Å²) in [6, 6.07) is 26.3. The zero-order chi connectivity index (χ0) is 26.4. The molecule has 0 unspecified atom stereocenters. The lowest BCUT2D eigenvalue weighted by Crippen LogP contribution is -2.42. The number of rotatable bonds is 6. The SMILES string of the molecule is O=C(Nc1ccc(C2=CC3(CCN(C(=O)OCc4ccccc4)CC3)CC2=O)cc1)OCc1ccccc1. The van der Waals surface area contributed by atoms with E-state index in [-0.39, 0.29) is 30.5 Å². The molecule has 1 heterocycles. The highest BCUT2D eigenvalue weighted by Crippen LogP contribution is 2.45. The van der Waals surface area contributed by atoms with Crippen LogP contribution in [0.2, 0.25) is 0 Å². The highest BCUT2D eigenvalue weighted by Gasteiger charge is 2.41. The summed E-state index contributed by atoms with van der Waals surface area (Å²) in [5, 5.41) is 2.72. The van der Waals surface area contributed by atoms with Gasteiger partial charge < -0.3 is 14.4 Å². The highest BCUT2D eigenvalue weighted by atomic mass is 16.6. The number of piperidine rings is 1. The Morgan fingerprint density at radius 1 is 0.789 bits per heavy atom. The molecule has 0 atom stereocenters. The fourth-order valence-electron chi connectivity index (χ4n) is 4.97. The Morgan fingerprint density at radius 2 is 1.37 bits per heavy atom. The number of benzene rings is 3. The molecule has 5 rings (SSSR count). The zero-order valence-corrected chi connectivity index (χ0v) is 21.1. The molecule has 38 heavy (non-hydrogen) atoms. The average Bonchev–Trinajstić information content (AvgIpc) is 3.27. The van der Waals surface area contributed by atoms with E-state index in [1.54, 1.807) is 17.0 Å². The van der Waals surface area contributed by atoms with Crippen LogP contribution >= 0.6 is 0 Å². The molecule has 0 radical (unpaired) electrons. The molecule has 1 aliphatic carbocycles. The highest BCUT2D eigenvalue weighted by molar-refractivity contribution is 6.23. The van der Waals surface area contributed by atoms with Crippen molar-refractivity contribution in [3.05, 3.63) is 108 Å². The van der Waals surface area contributed by atoms with Crippen LogP contribution in [-0.4, -0.2) is 36.0 Å². The number of hydrogen-bond donors (Lipinski definition) is 1. The van der Waals surface area contributed by atoms with Gasteiger partial charge in [-0.2, -0.15) is 0 Å². The van der Waals surface area contributed by atoms with E-state index in [2.05, 4.69) is 11.4 Å². The van der Waals surface area contributed by atoms with E-state index in [1.807, 2.05) is 72.8 Å². The molecule has 2 amide bonds. The lowest BCUT2D eigenvalue weighted by Gasteiger charge is -2.37. The second-order valence-electron chi connectivity index (χ2n) is 9.81. The first-order chi connectivity index (χ1) is 18.5. The largest absolute Gasteiger partial charge is 0.445 e. The Bertz CT molecular complexity index is 1310. The number of carbonyl (C=O) groups excluding carboxylic acids is 3. The maximum Gasteiger partial charge on any atom is 0.411 e. The van der Waals surface area contributed by atoms with Gasteiger partial charge in [-0.05, 0) is 47.1 Å². The number of ether oxygens (including phenoxy) is 2. The molecule has 3 aromatic carbocycles. The maximum absolute atomic E-state index is 12.9. The van der Waals surface area contributed by atoms with Gasteiger partial charge in [-0.1, -0.05) is 78.9 Å². The molecule has 0 saturated carbocycles. The fraction of sp³-hybridized carbons (Fsp3) is 0.258. The minimum absolute atomic E-state index is 0.105. The van der Waals surface area contributed by atoms with Crippen molar-refractivity contribution in [1.82, 2.24) is 4.90 Å². The maximum atomic E-state index is 12.9. The van der Waals surface area contributed by atoms with Crippen molar-refractivity contribution >= 4 is 29.2 Å². The molecular formula is C31H30N2O5. The van der Waals surface area contributed by atoms with Gasteiger partial charge in [0, 0.05) is 30.8 Å². The summed E-state index contributed by atoms with van der Waals surface area (Å²) >= 11 is 0. The van der Waals surface area contributed by atoms with Gasteiger partial charge in [-0.3, -0.25) is 10.1 Å². The minimum Gasteiger partial charge on any atom is -0.445 e. The third-order valence-corrected chi connectivity index (χ3v) is 7.14. The van der Waals surface area contributed by atoms with Crippen molar-refractivity contribution < 1.29 is 23.9 Å². The van der Waals surface area contributed by atoms with E-state index in [4.69, 9.17) is 9.47 Å². The number of nitrogens with zero attached hydrogens (tertiary/aromatic N) is 1. The third-order valence-electron chi connectivity index (χ3n) is 7.14. The first-order valence-corrected chi connectivity index (χ1v) is 12.8. The summed E-state index contributed by atoms with van der Waals surface area (Å²) in [6.45, 7) is 1.55. The van der Waals surface area contributed by atoms with Crippen molar-refractivity contribution in [2.75, 3.05) is 18.4 Å². The lowest BCUT2D eigenvalue weighted by atomic mass is 9.78. The molecule has 1 fully saturated rings. The molecule has 3 aromatic rings. The van der Waals surface area contributed by atoms with Crippen LogP contribution < -0.4 is 5.32 Å². The zero-order valence-electron chi connectivity index (χ0n) is 21.1. The van der Waals surface area contributed by atoms with Crippen LogP contribution in [0.5, 0.6) is 0 Å². The van der Waals surface area contributed by atoms with Crippen molar-refractivity contribution in [1.29, 1.82) is 0 Å². The average molecular weight is 511 g/mol. The predicted octanol–water partition coefficient (Wildman–Crippen LogP) is 6.21. The number of nitrogens with one attached hydrogen (secondary N) is 1. The molecule has 0 bridgehead atoms. The molecule has 2 aliphatic rings. The van der Waals surface area contributed by atoms with Crippen molar-refractivity contribution in [3.8, 4) is 0 Å². The number of likely N-dealkylation sites (tertiary alicyclic amines) is 1. The number of anilines is 1. The summed E-state index contributed by atoms with van der Waals surface area (Å²) < 4.78 is 10.7. The summed E-state index contributed by atoms with van der Waals surface area (Å²) in [5.74, 6) is 0.105. The summed E-state index contributed by atoms with van der Waals surface area (Å²) in [7, 11) is 0. The quantitative estimate of drug-likeness (QED) is 0.426. The van der Waals surface area contributed by atoms with Crippen LogP contribution in [0.3, 0.4) is 0 Å². The molecule has 7 nitrogen and oxygen atoms in total. The fourth-order valence-corrected chi connectivity index (χ4v) is 4.97. The van der Waals surface area contributed by atoms with Crippen molar-refractivity contribution in [2.24, 2.45) is 5.41 Å². The molecule has 7 heteroatoms. The van der Waals surface area contributed by atoms with Crippen LogP contribution in [0.1, 0.15) is 36.0 Å². The Kier molecular flexibility index (Phi) is 7.54. The van der Waals surface area contributed by atoms with E-state index in [9.17, 15) is 14.4 Å². The molecule has 1 N–H and O–H groups in total. The third kappa shape index (κ3) is 6.11. The number of amides is 2. The van der Waals surface area contributed by atoms with E-state index in [1.165, 1.54) is 0 Å². The molecule has 194 valence electrons. The van der Waals surface area contributed by atoms with Crippen LogP contribution in [0.4, 0.5) is 15.3 Å². The van der Waals surface area contributed by atoms with Crippen molar-refractivity contribution in [3.63, 3.8) is 0 Å². The Balaban J connectivity index is 1.14. The second-order valence-corrected chi connectivity index (χ2v) is 9.81. The Hall–Kier alpha value is -4.39. The molecule has 1 spiro atoms. The van der Waals surface area contributed by atoms with E-state index in [0.29, 0.717) is 30.8 Å². The van der Waals surface area contributed by atoms with E-state index in [0.717, 1.165) is 29.5 Å². The smallest absolute Gasteiger partial charge is 0.411 e. The number of allylic oxidation sites excluding steroid dienone is 2. The monoisotopic (exact) mass is 510 g/mol. The van der Waals surface area contributed by atoms with Crippen molar-refractivity contribution in [2.45, 2.75) is 32.5 Å². The van der Waals surface area contributed by atoms with Gasteiger partial charge in [-0.15, -0.1) is 0 Å². The predicted molar refractivity (Wildman–Crippen MR) is 144 cm³/mol. The summed E-state index contributed by atoms with van der Waals surface area (Å²) in [4.78, 5) is 39.3. The van der Waals surface area contributed by atoms with Crippen LogP contribution in [-0.2, 0) is 27.5 Å². The van der Waals surface area contributed by atoms with E-state index >= 15 is 0 Å². The molecule has 0 aromatic heterocycles. The Morgan fingerprint density at radius 3 is 1.97 bits per heavy atom. The standard InChI is InChI=1S/C31H30N2O5/c34-28-20-31(15-17-33(18-16-31)30(36)38-22-24-9-5-2-6-10-24)19-27(28)25-11-13-26(14-12-25)32-29(35)37-21-23-7-3-1-4-8-23/h1-14,19H,15-18,20-22H2,(H,32,35). The van der Waals surface area contributed by atoms with Crippen LogP contribution in [0.15, 0.2) is 91.0 Å². The minimum atomic E-state index is -0.536. The number of hydrogen-bond acceptors (Lipinski definition) is 5. The lowest BCUT2D eigenvalue weighted by molar-refractivity contribution is -0.114. The van der Waals surface area contributed by atoms with Gasteiger partial charge in [-0.25, -0.2) is 9.59 Å². The van der Waals surface area contributed by atoms with Crippen LogP contribution in [0, 0.1) is 5.41 Å². The first kappa shape index (κ1) is 25.3. The topological polar surface area (TPSA) is 84.9 Å². The molecule has 1 saturated heterocycles. The number of ketones is 1. The Labute approximate surface area is 222 Å². The van der Waals surface area contributed by atoms with Gasteiger partial charge in [0.2, 0.25) is 0 Å². The first-order valence-electron chi connectivity index (χ1n) is 12.8. The van der Waals surface area contributed by atoms with Crippen LogP contribution in [0.25, 0.3) is 5.57 Å². The number of Topliss-reactive ketones (excluding diaryl/α,β-unsaturated/α-hetero) is 1. The van der Waals surface area contributed by atoms with Gasteiger partial charge in [0.15, 0.2) is 5.78 Å². The normalized spacial score (nSPS) is 16.2. The number of carbonyl (C=O) groups is 3. The van der Waals surface area contributed by atoms with Gasteiger partial charge in [0.25, 0.3) is 0 Å². The summed E-state index contributed by atoms with van der Waals surface area (Å²) in [6.07, 6.45) is 3.11.